The van der Waals surface area contributed by atoms with Crippen molar-refractivity contribution in [1.29, 1.82) is 0 Å². The molecule has 2 aromatic rings. The van der Waals surface area contributed by atoms with Gasteiger partial charge in [0.2, 0.25) is 5.95 Å². The second kappa shape index (κ2) is 4.65. The highest BCUT2D eigenvalue weighted by atomic mass is 15.1. The Morgan fingerprint density at radius 3 is 2.42 bits per heavy atom. The van der Waals surface area contributed by atoms with E-state index in [4.69, 9.17) is 0 Å². The van der Waals surface area contributed by atoms with Gasteiger partial charge in [-0.15, -0.1) is 0 Å². The van der Waals surface area contributed by atoms with Gasteiger partial charge in [0.05, 0.1) is 5.69 Å². The van der Waals surface area contributed by atoms with Gasteiger partial charge in [-0.25, -0.2) is 9.97 Å². The van der Waals surface area contributed by atoms with Gasteiger partial charge in [-0.2, -0.15) is 0 Å². The molecule has 0 saturated heterocycles. The Kier molecular flexibility index (Phi) is 2.97. The first-order chi connectivity index (χ1) is 9.13. The highest BCUT2D eigenvalue weighted by molar-refractivity contribution is 5.68. The maximum absolute atomic E-state index is 4.65. The molecule has 0 unspecified atom stereocenters. The second-order valence-corrected chi connectivity index (χ2v) is 5.46. The zero-order chi connectivity index (χ0) is 13.4. The summed E-state index contributed by atoms with van der Waals surface area (Å²) < 4.78 is 0. The summed E-state index contributed by atoms with van der Waals surface area (Å²) >= 11 is 0. The Balaban J connectivity index is 2.01. The van der Waals surface area contributed by atoms with E-state index < -0.39 is 0 Å². The fraction of sp³-hybridized carbons (Fsp3) is 0.375. The van der Waals surface area contributed by atoms with Gasteiger partial charge >= 0.3 is 0 Å². The monoisotopic (exact) mass is 253 g/mol. The fourth-order valence-electron chi connectivity index (χ4n) is 2.56. The number of hydrogen-bond acceptors (Lipinski definition) is 3. The summed E-state index contributed by atoms with van der Waals surface area (Å²) in [7, 11) is 0. The van der Waals surface area contributed by atoms with Crippen molar-refractivity contribution in [2.24, 2.45) is 0 Å². The molecule has 0 radical (unpaired) electrons. The molecule has 0 bridgehead atoms. The van der Waals surface area contributed by atoms with Crippen LogP contribution in [0.1, 0.15) is 29.5 Å². The lowest BCUT2D eigenvalue weighted by Crippen LogP contribution is -2.05. The lowest BCUT2D eigenvalue weighted by atomic mass is 9.97. The molecule has 0 spiro atoms. The van der Waals surface area contributed by atoms with Crippen LogP contribution in [-0.2, 0) is 0 Å². The summed E-state index contributed by atoms with van der Waals surface area (Å²) in [5.74, 6) is 0.749. The van der Waals surface area contributed by atoms with E-state index in [2.05, 4.69) is 48.2 Å². The zero-order valence-corrected chi connectivity index (χ0v) is 11.7. The summed E-state index contributed by atoms with van der Waals surface area (Å²) in [4.78, 5) is 8.95. The normalized spacial score (nSPS) is 14.5. The topological polar surface area (TPSA) is 37.8 Å². The van der Waals surface area contributed by atoms with Crippen LogP contribution < -0.4 is 5.32 Å². The Morgan fingerprint density at radius 2 is 1.79 bits per heavy atom. The van der Waals surface area contributed by atoms with Crippen LogP contribution in [0.2, 0.25) is 0 Å². The van der Waals surface area contributed by atoms with Crippen molar-refractivity contribution in [2.75, 3.05) is 5.32 Å². The molecule has 3 nitrogen and oxygen atoms in total. The lowest BCUT2D eigenvalue weighted by Gasteiger charge is -2.12. The van der Waals surface area contributed by atoms with E-state index in [9.17, 15) is 0 Å². The molecule has 98 valence electrons. The third-order valence-corrected chi connectivity index (χ3v) is 3.50. The standard InChI is InChI=1S/C16H19N3/c1-10-8-11(2)15(12(3)9-10)14-6-7-17-16(19-14)18-13-4-5-13/h6-9,13H,4-5H2,1-3H3,(H,17,18,19). The van der Waals surface area contributed by atoms with Crippen molar-refractivity contribution in [1.82, 2.24) is 9.97 Å². The number of rotatable bonds is 3. The average molecular weight is 253 g/mol. The minimum atomic E-state index is 0.579. The van der Waals surface area contributed by atoms with Gasteiger partial charge < -0.3 is 5.32 Å². The largest absolute Gasteiger partial charge is 0.351 e. The van der Waals surface area contributed by atoms with Crippen molar-refractivity contribution in [2.45, 2.75) is 39.7 Å². The van der Waals surface area contributed by atoms with Crippen LogP contribution in [0.4, 0.5) is 5.95 Å². The van der Waals surface area contributed by atoms with Crippen LogP contribution in [0.3, 0.4) is 0 Å². The van der Waals surface area contributed by atoms with Gasteiger partial charge in [-0.1, -0.05) is 17.7 Å². The van der Waals surface area contributed by atoms with Gasteiger partial charge in [0.1, 0.15) is 0 Å². The van der Waals surface area contributed by atoms with Crippen LogP contribution in [-0.4, -0.2) is 16.0 Å². The van der Waals surface area contributed by atoms with E-state index in [0.29, 0.717) is 6.04 Å². The van der Waals surface area contributed by atoms with Crippen molar-refractivity contribution < 1.29 is 0 Å². The Morgan fingerprint density at radius 1 is 1.11 bits per heavy atom. The highest BCUT2D eigenvalue weighted by Crippen LogP contribution is 2.28. The van der Waals surface area contributed by atoms with Gasteiger partial charge in [-0.3, -0.25) is 0 Å². The first-order valence-electron chi connectivity index (χ1n) is 6.81. The van der Waals surface area contributed by atoms with Gasteiger partial charge in [0.25, 0.3) is 0 Å². The predicted molar refractivity (Wildman–Crippen MR) is 78.3 cm³/mol. The number of nitrogens with one attached hydrogen (secondary N) is 1. The summed E-state index contributed by atoms with van der Waals surface area (Å²) in [6.07, 6.45) is 4.30. The number of anilines is 1. The molecular weight excluding hydrogens is 234 g/mol. The number of benzene rings is 1. The van der Waals surface area contributed by atoms with Crippen LogP contribution in [0, 0.1) is 20.8 Å². The molecule has 1 saturated carbocycles. The Hall–Kier alpha value is -1.90. The molecule has 1 aliphatic carbocycles. The third kappa shape index (κ3) is 2.60. The molecule has 1 aromatic carbocycles. The van der Waals surface area contributed by atoms with E-state index in [1.807, 2.05) is 12.3 Å². The van der Waals surface area contributed by atoms with E-state index in [1.54, 1.807) is 0 Å². The minimum Gasteiger partial charge on any atom is -0.351 e. The number of hydrogen-bond donors (Lipinski definition) is 1. The minimum absolute atomic E-state index is 0.579. The molecular formula is C16H19N3. The summed E-state index contributed by atoms with van der Waals surface area (Å²) in [5.41, 5.74) is 6.08. The molecule has 1 heterocycles. The molecule has 1 aromatic heterocycles. The average Bonchev–Trinajstić information content (AvgIpc) is 3.12. The molecule has 3 heteroatoms. The Bertz CT molecular complexity index is 592. The van der Waals surface area contributed by atoms with E-state index in [-0.39, 0.29) is 0 Å². The van der Waals surface area contributed by atoms with E-state index >= 15 is 0 Å². The van der Waals surface area contributed by atoms with Crippen LogP contribution in [0.15, 0.2) is 24.4 Å². The number of aromatic nitrogens is 2. The van der Waals surface area contributed by atoms with Gasteiger partial charge in [-0.05, 0) is 50.8 Å². The van der Waals surface area contributed by atoms with E-state index in [1.165, 1.54) is 35.1 Å². The van der Waals surface area contributed by atoms with Crippen molar-refractivity contribution >= 4 is 5.95 Å². The van der Waals surface area contributed by atoms with E-state index in [0.717, 1.165) is 11.6 Å². The first kappa shape index (κ1) is 12.2. The first-order valence-corrected chi connectivity index (χ1v) is 6.81. The van der Waals surface area contributed by atoms with Crippen molar-refractivity contribution in [3.05, 3.63) is 41.1 Å². The summed E-state index contributed by atoms with van der Waals surface area (Å²) in [5, 5.41) is 3.35. The van der Waals surface area contributed by atoms with Gasteiger partial charge in [0.15, 0.2) is 0 Å². The predicted octanol–water partition coefficient (Wildman–Crippen LogP) is 3.64. The highest BCUT2D eigenvalue weighted by Gasteiger charge is 2.22. The number of nitrogens with zero attached hydrogens (tertiary/aromatic N) is 2. The molecule has 1 fully saturated rings. The van der Waals surface area contributed by atoms with Crippen LogP contribution in [0.5, 0.6) is 0 Å². The van der Waals surface area contributed by atoms with Gasteiger partial charge in [0, 0.05) is 17.8 Å². The molecule has 19 heavy (non-hydrogen) atoms. The van der Waals surface area contributed by atoms with Crippen molar-refractivity contribution in [3.8, 4) is 11.3 Å². The quantitative estimate of drug-likeness (QED) is 0.907. The molecule has 3 rings (SSSR count). The molecule has 0 aliphatic heterocycles. The second-order valence-electron chi connectivity index (χ2n) is 5.46. The summed E-state index contributed by atoms with van der Waals surface area (Å²) in [6, 6.07) is 6.98. The molecule has 1 aliphatic rings. The lowest BCUT2D eigenvalue weighted by molar-refractivity contribution is 1.05. The molecule has 0 amide bonds. The zero-order valence-electron chi connectivity index (χ0n) is 11.7. The maximum atomic E-state index is 4.65. The fourth-order valence-corrected chi connectivity index (χ4v) is 2.56. The van der Waals surface area contributed by atoms with Crippen LogP contribution in [0.25, 0.3) is 11.3 Å². The summed E-state index contributed by atoms with van der Waals surface area (Å²) in [6.45, 7) is 6.42. The molecule has 1 N–H and O–H groups in total. The van der Waals surface area contributed by atoms with Crippen LogP contribution >= 0.6 is 0 Å². The third-order valence-electron chi connectivity index (χ3n) is 3.50. The SMILES string of the molecule is Cc1cc(C)c(-c2ccnc(NC3CC3)n2)c(C)c1. The number of aryl methyl sites for hydroxylation is 3. The molecule has 0 atom stereocenters. The van der Waals surface area contributed by atoms with Crippen molar-refractivity contribution in [3.63, 3.8) is 0 Å². The maximum Gasteiger partial charge on any atom is 0.223 e. The Labute approximate surface area is 114 Å². The smallest absolute Gasteiger partial charge is 0.223 e.